The maximum atomic E-state index is 13.2. The summed E-state index contributed by atoms with van der Waals surface area (Å²) < 4.78 is 28.1. The smallest absolute Gasteiger partial charge is 0.349 e. The lowest BCUT2D eigenvalue weighted by molar-refractivity contribution is -0.172. The maximum absolute atomic E-state index is 13.2. The molecule has 3 aromatic rings. The number of rotatable bonds is 19. The predicted octanol–water partition coefficient (Wildman–Crippen LogP) is 4.46. The Hall–Kier alpha value is -6.42. The van der Waals surface area contributed by atoms with Crippen LogP contribution in [0.3, 0.4) is 0 Å². The summed E-state index contributed by atoms with van der Waals surface area (Å²) in [4.78, 5) is 79.2. The summed E-state index contributed by atoms with van der Waals surface area (Å²) in [5.74, 6) is -10.1. The molecule has 0 amide bonds. The second-order valence-electron chi connectivity index (χ2n) is 13.8. The molecule has 0 saturated heterocycles. The summed E-state index contributed by atoms with van der Waals surface area (Å²) in [7, 11) is 4.97. The molecule has 0 saturated carbocycles. The fourth-order valence-electron chi connectivity index (χ4n) is 6.32. The van der Waals surface area contributed by atoms with Crippen LogP contribution in [-0.4, -0.2) is 113 Å². The number of hydrogen-bond donors (Lipinski definition) is 4. The van der Waals surface area contributed by atoms with Crippen molar-refractivity contribution in [1.82, 2.24) is 4.90 Å². The third kappa shape index (κ3) is 10.7. The first-order valence-corrected chi connectivity index (χ1v) is 17.8. The second kappa shape index (κ2) is 18.9. The molecule has 0 radical (unpaired) electrons. The molecule has 5 atom stereocenters. The van der Waals surface area contributed by atoms with Crippen molar-refractivity contribution in [2.24, 2.45) is 0 Å². The number of carboxylic acids is 4. The first-order valence-electron chi connectivity index (χ1n) is 17.8. The molecule has 0 bridgehead atoms. The summed E-state index contributed by atoms with van der Waals surface area (Å²) >= 11 is 0. The van der Waals surface area contributed by atoms with Crippen molar-refractivity contribution in [2.45, 2.75) is 69.4 Å². The Morgan fingerprint density at radius 1 is 0.684 bits per heavy atom. The van der Waals surface area contributed by atoms with Gasteiger partial charge in [-0.25, -0.2) is 28.8 Å². The summed E-state index contributed by atoms with van der Waals surface area (Å²) in [6, 6.07) is 18.4. The van der Waals surface area contributed by atoms with E-state index in [1.807, 2.05) is 4.90 Å². The standard InChI is InChI=1S/C41H45NO15/c1-23-11-15-25(16-12-23)39(51)56-32(37(47)48)30(35(43)44)54-29-10-7-19-41(20-21-42(3)4,27-8-6-9-28(22-27)53-5)34(29)55-31(36(45)46)33(38(49)50)57-40(52)26-17-13-24(2)14-18-26/h6,8-9,11-18,22,30-33H,7,10,19-21H2,1-5H3,(H,43,44)(H,45,46)(H,47,48)(H,49,50)/t30-,31-,32-,33-,41?/m1/s1. The summed E-state index contributed by atoms with van der Waals surface area (Å²) in [6.45, 7) is 3.83. The number of esters is 2. The third-order valence-electron chi connectivity index (χ3n) is 9.38. The van der Waals surface area contributed by atoms with Gasteiger partial charge in [0.15, 0.2) is 0 Å². The molecule has 1 aliphatic carbocycles. The van der Waals surface area contributed by atoms with Crippen LogP contribution in [0.2, 0.25) is 0 Å². The van der Waals surface area contributed by atoms with E-state index in [1.165, 1.54) is 31.4 Å². The van der Waals surface area contributed by atoms with Crippen molar-refractivity contribution in [3.05, 3.63) is 112 Å². The molecule has 57 heavy (non-hydrogen) atoms. The first kappa shape index (κ1) is 43.3. The maximum Gasteiger partial charge on any atom is 0.349 e. The minimum Gasteiger partial charge on any atom is -0.497 e. The van der Waals surface area contributed by atoms with E-state index in [9.17, 15) is 49.2 Å². The third-order valence-corrected chi connectivity index (χ3v) is 9.38. The Labute approximate surface area is 328 Å². The number of carbonyl (C=O) groups is 6. The average molecular weight is 792 g/mol. The largest absolute Gasteiger partial charge is 0.497 e. The average Bonchev–Trinajstić information content (AvgIpc) is 3.17. The van der Waals surface area contributed by atoms with Crippen LogP contribution >= 0.6 is 0 Å². The quantitative estimate of drug-likeness (QED) is 0.123. The number of methoxy groups -OCH3 is 1. The van der Waals surface area contributed by atoms with Gasteiger partial charge in [-0.15, -0.1) is 0 Å². The van der Waals surface area contributed by atoms with Crippen LogP contribution in [-0.2, 0) is 43.5 Å². The number of hydrogen-bond acceptors (Lipinski definition) is 12. The lowest BCUT2D eigenvalue weighted by atomic mass is 9.68. The highest BCUT2D eigenvalue weighted by atomic mass is 16.6. The molecule has 16 nitrogen and oxygen atoms in total. The van der Waals surface area contributed by atoms with Gasteiger partial charge < -0.3 is 49.0 Å². The number of benzene rings is 3. The molecule has 16 heteroatoms. The van der Waals surface area contributed by atoms with Gasteiger partial charge in [0.2, 0.25) is 24.4 Å². The molecule has 0 aliphatic heterocycles. The number of nitrogens with zero attached hydrogens (tertiary/aromatic N) is 1. The van der Waals surface area contributed by atoms with Crippen LogP contribution in [0.4, 0.5) is 0 Å². The summed E-state index contributed by atoms with van der Waals surface area (Å²) in [6.07, 6.45) is -9.30. The molecule has 1 aliphatic rings. The van der Waals surface area contributed by atoms with E-state index in [0.717, 1.165) is 11.1 Å². The molecule has 1 unspecified atom stereocenters. The minimum absolute atomic E-state index is 0.0678. The molecule has 4 N–H and O–H groups in total. The normalized spacial score (nSPS) is 17.4. The number of ether oxygens (including phenoxy) is 5. The topological polar surface area (TPSA) is 233 Å². The molecule has 0 spiro atoms. The molecule has 0 fully saturated rings. The Morgan fingerprint density at radius 3 is 1.60 bits per heavy atom. The number of allylic oxidation sites excluding steroid dienone is 2. The zero-order valence-corrected chi connectivity index (χ0v) is 32.0. The van der Waals surface area contributed by atoms with E-state index in [1.54, 1.807) is 76.5 Å². The molecule has 304 valence electrons. The van der Waals surface area contributed by atoms with Crippen LogP contribution in [0.25, 0.3) is 0 Å². The molecule has 3 aromatic carbocycles. The van der Waals surface area contributed by atoms with Crippen molar-refractivity contribution >= 4 is 35.8 Å². The highest BCUT2D eigenvalue weighted by molar-refractivity contribution is 5.94. The van der Waals surface area contributed by atoms with Gasteiger partial charge in [-0.1, -0.05) is 47.5 Å². The highest BCUT2D eigenvalue weighted by Gasteiger charge is 2.50. The minimum atomic E-state index is -2.46. The van der Waals surface area contributed by atoms with Gasteiger partial charge >= 0.3 is 35.8 Å². The van der Waals surface area contributed by atoms with Gasteiger partial charge in [0.05, 0.1) is 23.7 Å². The second-order valence-corrected chi connectivity index (χ2v) is 13.8. The van der Waals surface area contributed by atoms with Crippen molar-refractivity contribution in [3.8, 4) is 5.75 Å². The summed E-state index contributed by atoms with van der Waals surface area (Å²) in [5, 5.41) is 41.4. The monoisotopic (exact) mass is 791 g/mol. The lowest BCUT2D eigenvalue weighted by Gasteiger charge is -2.42. The van der Waals surface area contributed by atoms with Crippen molar-refractivity contribution in [1.29, 1.82) is 0 Å². The van der Waals surface area contributed by atoms with Crippen molar-refractivity contribution < 1.29 is 72.9 Å². The first-order chi connectivity index (χ1) is 27.0. The number of carbonyl (C=O) groups excluding carboxylic acids is 2. The fraction of sp³-hybridized carbons (Fsp3) is 0.366. The van der Waals surface area contributed by atoms with Gasteiger partial charge in [-0.05, 0) is 95.7 Å². The summed E-state index contributed by atoms with van der Waals surface area (Å²) in [5.41, 5.74) is 0.503. The van der Waals surface area contributed by atoms with E-state index in [2.05, 4.69) is 0 Å². The SMILES string of the molecule is COc1cccc(C2(CCN(C)C)CCCC(O[C@@H](C(=O)O)[C@@H](OC(=O)c3ccc(C)cc3)C(=O)O)=C2O[C@@H](C(=O)O)[C@@H](OC(=O)c2ccc(C)cc2)C(=O)O)c1. The highest BCUT2D eigenvalue weighted by Crippen LogP contribution is 2.49. The van der Waals surface area contributed by atoms with E-state index < -0.39 is 65.6 Å². The van der Waals surface area contributed by atoms with Crippen molar-refractivity contribution in [3.63, 3.8) is 0 Å². The van der Waals surface area contributed by atoms with Gasteiger partial charge in [0.1, 0.15) is 17.3 Å². The van der Waals surface area contributed by atoms with Crippen LogP contribution < -0.4 is 4.74 Å². The molecular formula is C41H45NO15. The zero-order valence-electron chi connectivity index (χ0n) is 32.0. The Balaban J connectivity index is 1.92. The predicted molar refractivity (Wildman–Crippen MR) is 200 cm³/mol. The number of aryl methyl sites for hydroxylation is 2. The van der Waals surface area contributed by atoms with Crippen LogP contribution in [0.15, 0.2) is 84.3 Å². The van der Waals surface area contributed by atoms with E-state index in [-0.39, 0.29) is 48.3 Å². The molecule has 4 rings (SSSR count). The lowest BCUT2D eigenvalue weighted by Crippen LogP contribution is -2.48. The van der Waals surface area contributed by atoms with Gasteiger partial charge in [0, 0.05) is 6.42 Å². The Morgan fingerprint density at radius 2 is 1.16 bits per heavy atom. The van der Waals surface area contributed by atoms with Crippen LogP contribution in [0.5, 0.6) is 5.75 Å². The zero-order chi connectivity index (χ0) is 42.0. The van der Waals surface area contributed by atoms with E-state index in [4.69, 9.17) is 23.7 Å². The van der Waals surface area contributed by atoms with Gasteiger partial charge in [-0.2, -0.15) is 0 Å². The molecule has 0 aromatic heterocycles. The van der Waals surface area contributed by atoms with Crippen molar-refractivity contribution in [2.75, 3.05) is 27.7 Å². The van der Waals surface area contributed by atoms with E-state index >= 15 is 0 Å². The fourth-order valence-corrected chi connectivity index (χ4v) is 6.32. The number of carboxylic acid groups (broad SMARTS) is 4. The number of aliphatic carboxylic acids is 4. The van der Waals surface area contributed by atoms with Crippen LogP contribution in [0, 0.1) is 13.8 Å². The molecule has 0 heterocycles. The van der Waals surface area contributed by atoms with E-state index in [0.29, 0.717) is 17.9 Å². The molecular weight excluding hydrogens is 746 g/mol. The van der Waals surface area contributed by atoms with Crippen LogP contribution in [0.1, 0.15) is 63.1 Å². The Bertz CT molecular complexity index is 1990. The van der Waals surface area contributed by atoms with Gasteiger partial charge in [0.25, 0.3) is 0 Å². The van der Waals surface area contributed by atoms with Gasteiger partial charge in [-0.3, -0.25) is 0 Å². The Kier molecular flexibility index (Phi) is 14.4.